The van der Waals surface area contributed by atoms with Crippen molar-refractivity contribution in [1.29, 1.82) is 0 Å². The molecule has 0 radical (unpaired) electrons. The van der Waals surface area contributed by atoms with Gasteiger partial charge in [0.25, 0.3) is 0 Å². The van der Waals surface area contributed by atoms with E-state index in [-0.39, 0.29) is 30.7 Å². The number of fused-ring (bicyclic) bond motifs is 1. The van der Waals surface area contributed by atoms with Gasteiger partial charge in [-0.15, -0.1) is 6.58 Å². The van der Waals surface area contributed by atoms with Gasteiger partial charge in [0.15, 0.2) is 6.10 Å². The van der Waals surface area contributed by atoms with Gasteiger partial charge in [0.1, 0.15) is 18.0 Å². The van der Waals surface area contributed by atoms with E-state index >= 15 is 0 Å². The van der Waals surface area contributed by atoms with Crippen molar-refractivity contribution in [3.8, 4) is 11.3 Å². The summed E-state index contributed by atoms with van der Waals surface area (Å²) in [6, 6.07) is 7.73. The zero-order chi connectivity index (χ0) is 20.2. The zero-order valence-electron chi connectivity index (χ0n) is 15.6. The van der Waals surface area contributed by atoms with Gasteiger partial charge in [0.05, 0.1) is 24.9 Å². The summed E-state index contributed by atoms with van der Waals surface area (Å²) < 4.78 is 30.4. The lowest BCUT2D eigenvalue weighted by atomic mass is 10.1. The zero-order valence-corrected chi connectivity index (χ0v) is 15.6. The molecule has 0 spiro atoms. The second kappa shape index (κ2) is 8.54. The van der Waals surface area contributed by atoms with Crippen molar-refractivity contribution in [3.05, 3.63) is 55.0 Å². The number of nitrogens with one attached hydrogen (secondary N) is 2. The summed E-state index contributed by atoms with van der Waals surface area (Å²) in [7, 11) is 0. The lowest BCUT2D eigenvalue weighted by Gasteiger charge is -2.18. The highest BCUT2D eigenvalue weighted by Crippen LogP contribution is 2.30. The molecule has 1 amide bonds. The van der Waals surface area contributed by atoms with E-state index in [0.717, 1.165) is 0 Å². The van der Waals surface area contributed by atoms with E-state index in [9.17, 15) is 9.18 Å². The van der Waals surface area contributed by atoms with Crippen LogP contribution < -0.4 is 10.6 Å². The molecule has 9 heteroatoms. The number of amides is 1. The Balaban J connectivity index is 1.40. The Morgan fingerprint density at radius 3 is 3.00 bits per heavy atom. The Bertz CT molecular complexity index is 896. The molecule has 8 nitrogen and oxygen atoms in total. The average Bonchev–Trinajstić information content (AvgIpc) is 3.30. The number of halogens is 1. The third-order valence-electron chi connectivity index (χ3n) is 4.75. The molecule has 0 bridgehead atoms. The minimum atomic E-state index is -0.537. The summed E-state index contributed by atoms with van der Waals surface area (Å²) in [6.45, 7) is 4.47. The number of benzene rings is 1. The summed E-state index contributed by atoms with van der Waals surface area (Å²) in [5.41, 5.74) is 1.26. The fourth-order valence-corrected chi connectivity index (χ4v) is 3.43. The molecular formula is C20H21FN4O4. The Morgan fingerprint density at radius 2 is 2.17 bits per heavy atom. The molecule has 1 aromatic heterocycles. The minimum absolute atomic E-state index is 0.201. The number of carbonyl (C=O) groups is 1. The first-order valence-corrected chi connectivity index (χ1v) is 9.28. The van der Waals surface area contributed by atoms with Gasteiger partial charge in [-0.3, -0.25) is 0 Å². The lowest BCUT2D eigenvalue weighted by Crippen LogP contribution is -2.39. The third kappa shape index (κ3) is 4.36. The molecule has 2 fully saturated rings. The van der Waals surface area contributed by atoms with E-state index in [2.05, 4.69) is 27.2 Å². The molecule has 2 aromatic rings. The summed E-state index contributed by atoms with van der Waals surface area (Å²) in [5, 5.41) is 5.77. The average molecular weight is 400 g/mol. The van der Waals surface area contributed by atoms with Crippen LogP contribution in [0.2, 0.25) is 0 Å². The molecule has 0 aliphatic carbocycles. The number of carbonyl (C=O) groups excluding carboxylic acids is 1. The van der Waals surface area contributed by atoms with Crippen molar-refractivity contribution in [2.45, 2.75) is 24.4 Å². The molecule has 4 rings (SSSR count). The van der Waals surface area contributed by atoms with Crippen LogP contribution in [0.5, 0.6) is 0 Å². The van der Waals surface area contributed by atoms with Gasteiger partial charge >= 0.3 is 6.09 Å². The van der Waals surface area contributed by atoms with Crippen LogP contribution in [0.15, 0.2) is 49.2 Å². The van der Waals surface area contributed by atoms with Crippen LogP contribution in [0.4, 0.5) is 15.1 Å². The molecule has 152 valence electrons. The predicted molar refractivity (Wildman–Crippen MR) is 103 cm³/mol. The molecule has 0 saturated carbocycles. The predicted octanol–water partition coefficient (Wildman–Crippen LogP) is 2.14. The molecule has 4 atom stereocenters. The number of alkyl carbamates (subject to hydrolysis) is 1. The van der Waals surface area contributed by atoms with Crippen LogP contribution in [0.1, 0.15) is 0 Å². The maximum absolute atomic E-state index is 13.5. The number of anilines is 1. The fraction of sp³-hybridized carbons (Fsp3) is 0.350. The smallest absolute Gasteiger partial charge is 0.407 e. The summed E-state index contributed by atoms with van der Waals surface area (Å²) in [5.74, 6) is 0.0582. The molecule has 1 aromatic carbocycles. The van der Waals surface area contributed by atoms with Crippen molar-refractivity contribution in [1.82, 2.24) is 15.3 Å². The highest BCUT2D eigenvalue weighted by atomic mass is 19.1. The molecule has 4 unspecified atom stereocenters. The number of ether oxygens (including phenoxy) is 3. The molecule has 29 heavy (non-hydrogen) atoms. The molecule has 2 aliphatic rings. The second-order valence-corrected chi connectivity index (χ2v) is 6.74. The summed E-state index contributed by atoms with van der Waals surface area (Å²) >= 11 is 0. The number of hydrogen-bond donors (Lipinski definition) is 2. The topological polar surface area (TPSA) is 94.6 Å². The lowest BCUT2D eigenvalue weighted by molar-refractivity contribution is 0.00475. The van der Waals surface area contributed by atoms with Gasteiger partial charge < -0.3 is 24.8 Å². The number of nitrogens with zero attached hydrogens (tertiary/aromatic N) is 2. The maximum atomic E-state index is 13.5. The van der Waals surface area contributed by atoms with E-state index in [1.165, 1.54) is 12.1 Å². The van der Waals surface area contributed by atoms with Crippen LogP contribution in [0, 0.1) is 5.82 Å². The first-order valence-electron chi connectivity index (χ1n) is 9.28. The molecule has 2 aliphatic heterocycles. The number of aromatic nitrogens is 2. The van der Waals surface area contributed by atoms with E-state index in [1.807, 2.05) is 0 Å². The molecule has 2 N–H and O–H groups in total. The SMILES string of the molecule is C=CCNC(=O)OC1COC2C(Nc3nccc(-c4cccc(F)c4)n3)COC12. The van der Waals surface area contributed by atoms with Gasteiger partial charge in [-0.05, 0) is 18.2 Å². The molecule has 2 saturated heterocycles. The first-order chi connectivity index (χ1) is 14.1. The van der Waals surface area contributed by atoms with Crippen LogP contribution in [-0.2, 0) is 14.2 Å². The monoisotopic (exact) mass is 400 g/mol. The van der Waals surface area contributed by atoms with Gasteiger partial charge in [0.2, 0.25) is 5.95 Å². The Hall–Kier alpha value is -3.04. The van der Waals surface area contributed by atoms with Crippen molar-refractivity contribution < 1.29 is 23.4 Å². The third-order valence-corrected chi connectivity index (χ3v) is 4.75. The summed E-state index contributed by atoms with van der Waals surface area (Å²) in [6.07, 6.45) is 1.48. The van der Waals surface area contributed by atoms with Crippen molar-refractivity contribution in [2.24, 2.45) is 0 Å². The standard InChI is InChI=1S/C20H21FN4O4/c1-2-7-23-20(26)29-16-11-28-17-15(10-27-18(16)17)25-19-22-8-6-14(24-19)12-4-3-5-13(21)9-12/h2-6,8-9,15-18H,1,7,10-11H2,(H,23,26)(H,22,24,25). The quantitative estimate of drug-likeness (QED) is 0.718. The molecule has 3 heterocycles. The van der Waals surface area contributed by atoms with Gasteiger partial charge in [-0.25, -0.2) is 19.2 Å². The first kappa shape index (κ1) is 19.3. The van der Waals surface area contributed by atoms with Crippen LogP contribution in [0.25, 0.3) is 11.3 Å². The largest absolute Gasteiger partial charge is 0.441 e. The van der Waals surface area contributed by atoms with Gasteiger partial charge in [0, 0.05) is 18.3 Å². The van der Waals surface area contributed by atoms with E-state index in [0.29, 0.717) is 30.4 Å². The number of rotatable bonds is 6. The maximum Gasteiger partial charge on any atom is 0.407 e. The van der Waals surface area contributed by atoms with Crippen molar-refractivity contribution >= 4 is 12.0 Å². The Kier molecular flexibility index (Phi) is 5.68. The Morgan fingerprint density at radius 1 is 1.31 bits per heavy atom. The van der Waals surface area contributed by atoms with Gasteiger partial charge in [-0.1, -0.05) is 18.2 Å². The van der Waals surface area contributed by atoms with E-state index in [1.54, 1.807) is 30.5 Å². The van der Waals surface area contributed by atoms with Crippen LogP contribution >= 0.6 is 0 Å². The fourth-order valence-electron chi connectivity index (χ4n) is 3.43. The highest BCUT2D eigenvalue weighted by Gasteiger charge is 2.49. The van der Waals surface area contributed by atoms with E-state index < -0.39 is 12.2 Å². The number of hydrogen-bond acceptors (Lipinski definition) is 7. The van der Waals surface area contributed by atoms with Crippen molar-refractivity contribution in [2.75, 3.05) is 25.1 Å². The normalized spacial score (nSPS) is 25.3. The highest BCUT2D eigenvalue weighted by molar-refractivity contribution is 5.67. The summed E-state index contributed by atoms with van der Waals surface area (Å²) in [4.78, 5) is 20.5. The van der Waals surface area contributed by atoms with E-state index in [4.69, 9.17) is 14.2 Å². The van der Waals surface area contributed by atoms with Crippen LogP contribution in [-0.4, -0.2) is 60.2 Å². The second-order valence-electron chi connectivity index (χ2n) is 6.74. The molecular weight excluding hydrogens is 379 g/mol. The van der Waals surface area contributed by atoms with Crippen molar-refractivity contribution in [3.63, 3.8) is 0 Å². The van der Waals surface area contributed by atoms with Gasteiger partial charge in [-0.2, -0.15) is 0 Å². The Labute approximate surface area is 167 Å². The minimum Gasteiger partial charge on any atom is -0.441 e. The van der Waals surface area contributed by atoms with Crippen LogP contribution in [0.3, 0.4) is 0 Å².